The lowest BCUT2D eigenvalue weighted by Gasteiger charge is -2.27. The van der Waals surface area contributed by atoms with Crippen LogP contribution in [0.2, 0.25) is 0 Å². The van der Waals surface area contributed by atoms with Crippen molar-refractivity contribution < 1.29 is 4.79 Å². The third kappa shape index (κ3) is 1.94. The highest BCUT2D eigenvalue weighted by atomic mass is 16.2. The van der Waals surface area contributed by atoms with Gasteiger partial charge in [0.2, 0.25) is 0 Å². The zero-order valence-electron chi connectivity index (χ0n) is 13.9. The summed E-state index contributed by atoms with van der Waals surface area (Å²) in [6, 6.07) is 18.1. The van der Waals surface area contributed by atoms with E-state index in [-0.39, 0.29) is 5.91 Å². The summed E-state index contributed by atoms with van der Waals surface area (Å²) in [7, 11) is 1.97. The van der Waals surface area contributed by atoms with Crippen LogP contribution in [0, 0.1) is 0 Å². The molecule has 0 atom stereocenters. The van der Waals surface area contributed by atoms with Crippen LogP contribution in [0.5, 0.6) is 0 Å². The number of fused-ring (bicyclic) bond motifs is 5. The van der Waals surface area contributed by atoms with Crippen molar-refractivity contribution in [2.45, 2.75) is 6.42 Å². The van der Waals surface area contributed by atoms with E-state index in [1.54, 1.807) is 0 Å². The molecular weight excluding hydrogens is 310 g/mol. The van der Waals surface area contributed by atoms with Crippen molar-refractivity contribution in [2.24, 2.45) is 7.05 Å². The minimum absolute atomic E-state index is 0.0650. The van der Waals surface area contributed by atoms with Crippen LogP contribution < -0.4 is 4.90 Å². The largest absolute Gasteiger partial charge is 0.338 e. The molecule has 1 aliphatic rings. The summed E-state index contributed by atoms with van der Waals surface area (Å²) in [6.45, 7) is 0.704. The number of nitrogens with zero attached hydrogens (tertiary/aromatic N) is 3. The highest BCUT2D eigenvalue weighted by molar-refractivity contribution is 6.14. The van der Waals surface area contributed by atoms with Crippen LogP contribution in [-0.4, -0.2) is 22.0 Å². The van der Waals surface area contributed by atoms with Gasteiger partial charge in [0.15, 0.2) is 0 Å². The number of carbonyl (C=O) groups excluding carboxylic acids is 1. The molecule has 1 aliphatic heterocycles. The number of amides is 1. The third-order valence-corrected chi connectivity index (χ3v) is 5.13. The van der Waals surface area contributed by atoms with Crippen LogP contribution in [0.25, 0.3) is 21.8 Å². The van der Waals surface area contributed by atoms with Crippen LogP contribution in [-0.2, 0) is 13.5 Å². The Hall–Kier alpha value is -3.14. The van der Waals surface area contributed by atoms with Gasteiger partial charge in [-0.05, 0) is 30.2 Å². The molecule has 4 heteroatoms. The summed E-state index contributed by atoms with van der Waals surface area (Å²) in [6.07, 6.45) is 2.66. The number of pyridine rings is 1. The molecule has 2 aromatic heterocycles. The quantitative estimate of drug-likeness (QED) is 0.531. The van der Waals surface area contributed by atoms with Gasteiger partial charge in [-0.15, -0.1) is 0 Å². The first-order valence-electron chi connectivity index (χ1n) is 8.47. The third-order valence-electron chi connectivity index (χ3n) is 5.13. The molecule has 122 valence electrons. The van der Waals surface area contributed by atoms with Crippen molar-refractivity contribution >= 4 is 33.4 Å². The second-order valence-electron chi connectivity index (χ2n) is 6.47. The fourth-order valence-electron chi connectivity index (χ4n) is 3.99. The number of anilines is 1. The van der Waals surface area contributed by atoms with Gasteiger partial charge in [-0.3, -0.25) is 9.78 Å². The lowest BCUT2D eigenvalue weighted by Crippen LogP contribution is -2.38. The molecule has 0 unspecified atom stereocenters. The number of hydrogen-bond acceptors (Lipinski definition) is 2. The van der Waals surface area contributed by atoms with E-state index in [2.05, 4.69) is 23.2 Å². The molecule has 0 saturated heterocycles. The van der Waals surface area contributed by atoms with E-state index >= 15 is 0 Å². The number of rotatable bonds is 1. The maximum absolute atomic E-state index is 13.2. The number of aromatic nitrogens is 2. The van der Waals surface area contributed by atoms with Crippen molar-refractivity contribution in [3.63, 3.8) is 0 Å². The van der Waals surface area contributed by atoms with Crippen LogP contribution in [0.15, 0.2) is 60.8 Å². The summed E-state index contributed by atoms with van der Waals surface area (Å²) in [5, 5.41) is 2.24. The van der Waals surface area contributed by atoms with Gasteiger partial charge < -0.3 is 9.47 Å². The van der Waals surface area contributed by atoms with Gasteiger partial charge in [0.25, 0.3) is 5.91 Å². The molecule has 0 spiro atoms. The van der Waals surface area contributed by atoms with Gasteiger partial charge in [0.05, 0.1) is 11.0 Å². The normalized spacial score (nSPS) is 14.3. The molecule has 1 amide bonds. The summed E-state index contributed by atoms with van der Waals surface area (Å²) in [5.74, 6) is 0.0650. The predicted octanol–water partition coefficient (Wildman–Crippen LogP) is 3.93. The van der Waals surface area contributed by atoms with Crippen LogP contribution >= 0.6 is 0 Å². The predicted molar refractivity (Wildman–Crippen MR) is 100 cm³/mol. The van der Waals surface area contributed by atoms with E-state index in [9.17, 15) is 4.79 Å². The zero-order valence-corrected chi connectivity index (χ0v) is 13.9. The van der Waals surface area contributed by atoms with Crippen LogP contribution in [0.4, 0.5) is 5.69 Å². The number of carbonyl (C=O) groups is 1. The Kier molecular flexibility index (Phi) is 2.95. The lowest BCUT2D eigenvalue weighted by molar-refractivity contribution is 0.0973. The summed E-state index contributed by atoms with van der Waals surface area (Å²) in [4.78, 5) is 19.7. The van der Waals surface area contributed by atoms with Crippen molar-refractivity contribution in [1.29, 1.82) is 0 Å². The summed E-state index contributed by atoms with van der Waals surface area (Å²) >= 11 is 0. The fraction of sp³-hybridized carbons (Fsp3) is 0.143. The standard InChI is InChI=1S/C21H17N3O/c1-23-19-16(10-9-14-6-5-12-22-18(14)19)17-11-13-24(21(25)20(17)23)15-7-3-2-4-8-15/h2-10,12H,11,13H2,1H3. The van der Waals surface area contributed by atoms with Crippen molar-refractivity contribution in [2.75, 3.05) is 11.4 Å². The van der Waals surface area contributed by atoms with E-state index in [4.69, 9.17) is 0 Å². The van der Waals surface area contributed by atoms with E-state index in [1.807, 2.05) is 59.1 Å². The van der Waals surface area contributed by atoms with E-state index in [0.717, 1.165) is 45.2 Å². The Bertz CT molecular complexity index is 1130. The molecular formula is C21H17N3O. The molecule has 4 aromatic rings. The molecule has 0 radical (unpaired) electrons. The van der Waals surface area contributed by atoms with Crippen molar-refractivity contribution in [3.05, 3.63) is 72.1 Å². The highest BCUT2D eigenvalue weighted by Gasteiger charge is 2.31. The second-order valence-corrected chi connectivity index (χ2v) is 6.47. The minimum Gasteiger partial charge on any atom is -0.338 e. The Morgan fingerprint density at radius 3 is 2.68 bits per heavy atom. The molecule has 5 rings (SSSR count). The maximum Gasteiger partial charge on any atom is 0.275 e. The van der Waals surface area contributed by atoms with Gasteiger partial charge in [0, 0.05) is 36.2 Å². The van der Waals surface area contributed by atoms with Crippen LogP contribution in [0.1, 0.15) is 16.1 Å². The molecule has 0 saturated carbocycles. The maximum atomic E-state index is 13.2. The Morgan fingerprint density at radius 1 is 1.00 bits per heavy atom. The molecule has 0 aliphatic carbocycles. The molecule has 4 nitrogen and oxygen atoms in total. The molecule has 3 heterocycles. The monoisotopic (exact) mass is 327 g/mol. The van der Waals surface area contributed by atoms with E-state index in [0.29, 0.717) is 6.54 Å². The topological polar surface area (TPSA) is 38.1 Å². The lowest BCUT2D eigenvalue weighted by atomic mass is 10.0. The van der Waals surface area contributed by atoms with Gasteiger partial charge in [-0.2, -0.15) is 0 Å². The summed E-state index contributed by atoms with van der Waals surface area (Å²) < 4.78 is 2.03. The van der Waals surface area contributed by atoms with Crippen molar-refractivity contribution in [1.82, 2.24) is 9.55 Å². The average Bonchev–Trinajstić information content (AvgIpc) is 2.96. The van der Waals surface area contributed by atoms with Gasteiger partial charge in [-0.1, -0.05) is 36.4 Å². The number of benzene rings is 2. The molecule has 2 aromatic carbocycles. The van der Waals surface area contributed by atoms with Gasteiger partial charge in [-0.25, -0.2) is 0 Å². The van der Waals surface area contributed by atoms with Crippen molar-refractivity contribution in [3.8, 4) is 0 Å². The smallest absolute Gasteiger partial charge is 0.275 e. The Balaban J connectivity index is 1.77. The molecule has 0 fully saturated rings. The highest BCUT2D eigenvalue weighted by Crippen LogP contribution is 2.34. The van der Waals surface area contributed by atoms with Crippen LogP contribution in [0.3, 0.4) is 0 Å². The number of hydrogen-bond donors (Lipinski definition) is 0. The second kappa shape index (κ2) is 5.18. The summed E-state index contributed by atoms with van der Waals surface area (Å²) in [5.41, 5.74) is 4.87. The van der Waals surface area contributed by atoms with Gasteiger partial charge in [0.1, 0.15) is 5.69 Å². The molecule has 25 heavy (non-hydrogen) atoms. The molecule has 0 N–H and O–H groups in total. The zero-order chi connectivity index (χ0) is 17.0. The number of aryl methyl sites for hydroxylation is 1. The van der Waals surface area contributed by atoms with E-state index in [1.165, 1.54) is 0 Å². The SMILES string of the molecule is Cn1c2c(c3ccc4cccnc4c31)CCN(c1ccccc1)C2=O. The minimum atomic E-state index is 0.0650. The first kappa shape index (κ1) is 14.2. The molecule has 0 bridgehead atoms. The number of para-hydroxylation sites is 1. The first-order valence-corrected chi connectivity index (χ1v) is 8.47. The van der Waals surface area contributed by atoms with E-state index < -0.39 is 0 Å². The first-order chi connectivity index (χ1) is 12.3. The fourth-order valence-corrected chi connectivity index (χ4v) is 3.99. The van der Waals surface area contributed by atoms with Gasteiger partial charge >= 0.3 is 0 Å². The Labute approximate surface area is 145 Å². The Morgan fingerprint density at radius 2 is 1.84 bits per heavy atom. The average molecular weight is 327 g/mol.